The predicted octanol–water partition coefficient (Wildman–Crippen LogP) is 3.26. The fourth-order valence-electron chi connectivity index (χ4n) is 4.66. The molecule has 2 heterocycles. The van der Waals surface area contributed by atoms with Gasteiger partial charge in [0.2, 0.25) is 10.0 Å². The first kappa shape index (κ1) is 24.1. The second-order valence-corrected chi connectivity index (χ2v) is 10.6. The molecule has 34 heavy (non-hydrogen) atoms. The molecule has 0 saturated heterocycles. The highest BCUT2D eigenvalue weighted by Gasteiger charge is 2.34. The molecule has 1 aliphatic heterocycles. The summed E-state index contributed by atoms with van der Waals surface area (Å²) in [6.45, 7) is 0.291. The standard InChI is InChI=1S/C25H29N3O5S/c1-27(19-10-6-7-11-19)34(31,32)20-12-13-23(26-17-20)28-15-14-21(25(28)30)22(16-24(29)33-2)18-8-4-3-5-9-18/h3-5,8-9,12-14,17,19,22H,6-7,10-11,15-16H2,1-2H3. The van der Waals surface area contributed by atoms with Gasteiger partial charge in [-0.25, -0.2) is 13.4 Å². The number of anilines is 1. The van der Waals surface area contributed by atoms with E-state index in [0.29, 0.717) is 17.9 Å². The van der Waals surface area contributed by atoms with E-state index in [0.717, 1.165) is 31.2 Å². The monoisotopic (exact) mass is 483 g/mol. The van der Waals surface area contributed by atoms with Gasteiger partial charge >= 0.3 is 5.97 Å². The molecule has 1 fully saturated rings. The highest BCUT2D eigenvalue weighted by atomic mass is 32.2. The number of hydrogen-bond acceptors (Lipinski definition) is 6. The third-order valence-corrected chi connectivity index (χ3v) is 8.57. The first-order chi connectivity index (χ1) is 16.3. The van der Waals surface area contributed by atoms with Crippen molar-refractivity contribution in [3.8, 4) is 0 Å². The number of methoxy groups -OCH3 is 1. The minimum atomic E-state index is -3.65. The van der Waals surface area contributed by atoms with Crippen molar-refractivity contribution in [1.82, 2.24) is 9.29 Å². The maximum atomic E-state index is 13.3. The van der Waals surface area contributed by atoms with E-state index in [2.05, 4.69) is 4.98 Å². The highest BCUT2D eigenvalue weighted by molar-refractivity contribution is 7.89. The lowest BCUT2D eigenvalue weighted by Crippen LogP contribution is -2.35. The third kappa shape index (κ3) is 4.76. The molecular weight excluding hydrogens is 454 g/mol. The number of ether oxygens (including phenoxy) is 1. The smallest absolute Gasteiger partial charge is 0.306 e. The molecule has 8 nitrogen and oxygen atoms in total. The quantitative estimate of drug-likeness (QED) is 0.535. The van der Waals surface area contributed by atoms with E-state index in [9.17, 15) is 18.0 Å². The first-order valence-electron chi connectivity index (χ1n) is 11.4. The zero-order valence-corrected chi connectivity index (χ0v) is 20.2. The number of carbonyl (C=O) groups excluding carboxylic acids is 2. The van der Waals surface area contributed by atoms with Gasteiger partial charge in [0.15, 0.2) is 0 Å². The Hall–Kier alpha value is -3.04. The molecule has 0 bridgehead atoms. The lowest BCUT2D eigenvalue weighted by Gasteiger charge is -2.24. The van der Waals surface area contributed by atoms with E-state index < -0.39 is 21.9 Å². The number of amides is 1. The second kappa shape index (κ2) is 10.1. The molecule has 1 aromatic carbocycles. The fraction of sp³-hybridized carbons (Fsp3) is 0.400. The SMILES string of the molecule is COC(=O)CC(C1=CCN(c2ccc(S(=O)(=O)N(C)C3CCCC3)cn2)C1=O)c1ccccc1. The summed E-state index contributed by atoms with van der Waals surface area (Å²) in [5, 5.41) is 0. The third-order valence-electron chi connectivity index (χ3n) is 6.67. The molecule has 0 spiro atoms. The van der Waals surface area contributed by atoms with Gasteiger partial charge in [0.25, 0.3) is 5.91 Å². The molecule has 1 saturated carbocycles. The fourth-order valence-corrected chi connectivity index (χ4v) is 6.02. The van der Waals surface area contributed by atoms with Crippen LogP contribution in [0.2, 0.25) is 0 Å². The molecule has 2 aromatic rings. The Morgan fingerprint density at radius 3 is 2.50 bits per heavy atom. The number of sulfonamides is 1. The van der Waals surface area contributed by atoms with Crippen LogP contribution in [0.15, 0.2) is 65.2 Å². The minimum Gasteiger partial charge on any atom is -0.469 e. The van der Waals surface area contributed by atoms with Crippen LogP contribution in [0.3, 0.4) is 0 Å². The van der Waals surface area contributed by atoms with Gasteiger partial charge in [0, 0.05) is 37.3 Å². The van der Waals surface area contributed by atoms with Crippen molar-refractivity contribution in [2.75, 3.05) is 25.6 Å². The zero-order chi connectivity index (χ0) is 24.3. The Morgan fingerprint density at radius 2 is 1.88 bits per heavy atom. The van der Waals surface area contributed by atoms with Crippen LogP contribution in [-0.2, 0) is 24.3 Å². The Kier molecular flexibility index (Phi) is 7.13. The summed E-state index contributed by atoms with van der Waals surface area (Å²) in [4.78, 5) is 31.2. The highest BCUT2D eigenvalue weighted by Crippen LogP contribution is 2.34. The summed E-state index contributed by atoms with van der Waals surface area (Å²) >= 11 is 0. The summed E-state index contributed by atoms with van der Waals surface area (Å²) in [5.41, 5.74) is 1.34. The van der Waals surface area contributed by atoms with Gasteiger partial charge in [-0.3, -0.25) is 14.5 Å². The molecule has 1 aromatic heterocycles. The Balaban J connectivity index is 1.53. The second-order valence-electron chi connectivity index (χ2n) is 8.63. The topological polar surface area (TPSA) is 96.9 Å². The van der Waals surface area contributed by atoms with Crippen molar-refractivity contribution in [3.05, 3.63) is 65.9 Å². The molecule has 1 aliphatic carbocycles. The van der Waals surface area contributed by atoms with Gasteiger partial charge in [0.05, 0.1) is 13.5 Å². The van der Waals surface area contributed by atoms with E-state index in [1.807, 2.05) is 30.3 Å². The predicted molar refractivity (Wildman–Crippen MR) is 128 cm³/mol. The van der Waals surface area contributed by atoms with Crippen molar-refractivity contribution >= 4 is 27.7 Å². The summed E-state index contributed by atoms with van der Waals surface area (Å²) < 4.78 is 32.3. The number of aromatic nitrogens is 1. The van der Waals surface area contributed by atoms with Crippen LogP contribution >= 0.6 is 0 Å². The number of carbonyl (C=O) groups is 2. The number of pyridine rings is 1. The zero-order valence-electron chi connectivity index (χ0n) is 19.4. The van der Waals surface area contributed by atoms with Gasteiger partial charge in [-0.15, -0.1) is 0 Å². The van der Waals surface area contributed by atoms with Crippen molar-refractivity contribution in [1.29, 1.82) is 0 Å². The molecule has 0 radical (unpaired) electrons. The largest absolute Gasteiger partial charge is 0.469 e. The lowest BCUT2D eigenvalue weighted by atomic mass is 9.88. The number of rotatable bonds is 8. The average Bonchev–Trinajstić information content (AvgIpc) is 3.53. The van der Waals surface area contributed by atoms with Crippen LogP contribution in [-0.4, -0.2) is 56.3 Å². The Labute approximate surface area is 200 Å². The van der Waals surface area contributed by atoms with Crippen LogP contribution in [0.25, 0.3) is 0 Å². The number of benzene rings is 1. The number of hydrogen-bond donors (Lipinski definition) is 0. The van der Waals surface area contributed by atoms with E-state index >= 15 is 0 Å². The van der Waals surface area contributed by atoms with Crippen LogP contribution < -0.4 is 4.90 Å². The molecule has 9 heteroatoms. The van der Waals surface area contributed by atoms with Crippen LogP contribution in [0.1, 0.15) is 43.6 Å². The molecule has 1 amide bonds. The summed E-state index contributed by atoms with van der Waals surface area (Å²) in [6.07, 6.45) is 6.96. The minimum absolute atomic E-state index is 0.0151. The Morgan fingerprint density at radius 1 is 1.18 bits per heavy atom. The number of nitrogens with zero attached hydrogens (tertiary/aromatic N) is 3. The van der Waals surface area contributed by atoms with Gasteiger partial charge in [0.1, 0.15) is 10.7 Å². The van der Waals surface area contributed by atoms with Crippen LogP contribution in [0, 0.1) is 0 Å². The summed E-state index contributed by atoms with van der Waals surface area (Å²) in [6, 6.07) is 12.4. The normalized spacial score (nSPS) is 17.8. The number of esters is 1. The van der Waals surface area contributed by atoms with Crippen LogP contribution in [0.5, 0.6) is 0 Å². The van der Waals surface area contributed by atoms with Gasteiger partial charge in [-0.05, 0) is 30.5 Å². The first-order valence-corrected chi connectivity index (χ1v) is 12.8. The maximum absolute atomic E-state index is 13.3. The molecule has 1 atom stereocenters. The Bertz CT molecular complexity index is 1170. The van der Waals surface area contributed by atoms with Gasteiger partial charge < -0.3 is 4.74 Å². The molecule has 1 unspecified atom stereocenters. The van der Waals surface area contributed by atoms with Crippen molar-refractivity contribution < 1.29 is 22.7 Å². The molecule has 180 valence electrons. The summed E-state index contributed by atoms with van der Waals surface area (Å²) in [7, 11) is -0.710. The van der Waals surface area contributed by atoms with Crippen molar-refractivity contribution in [3.63, 3.8) is 0 Å². The molecule has 4 rings (SSSR count). The molecular formula is C25H29N3O5S. The van der Waals surface area contributed by atoms with Crippen molar-refractivity contribution in [2.24, 2.45) is 0 Å². The molecule has 0 N–H and O–H groups in total. The average molecular weight is 484 g/mol. The van der Waals surface area contributed by atoms with Gasteiger partial charge in [-0.2, -0.15) is 4.31 Å². The van der Waals surface area contributed by atoms with E-state index in [1.54, 1.807) is 19.2 Å². The lowest BCUT2D eigenvalue weighted by molar-refractivity contribution is -0.140. The van der Waals surface area contributed by atoms with Crippen molar-refractivity contribution in [2.45, 2.75) is 49.0 Å². The maximum Gasteiger partial charge on any atom is 0.306 e. The molecule has 2 aliphatic rings. The van der Waals surface area contributed by atoms with Gasteiger partial charge in [-0.1, -0.05) is 49.2 Å². The van der Waals surface area contributed by atoms with Crippen LogP contribution in [0.4, 0.5) is 5.82 Å². The van der Waals surface area contributed by atoms with E-state index in [-0.39, 0.29) is 23.3 Å². The summed E-state index contributed by atoms with van der Waals surface area (Å²) in [5.74, 6) is -0.738. The van der Waals surface area contributed by atoms with E-state index in [1.165, 1.54) is 28.6 Å². The van der Waals surface area contributed by atoms with E-state index in [4.69, 9.17) is 4.74 Å².